The Morgan fingerprint density at radius 3 is 2.40 bits per heavy atom. The van der Waals surface area contributed by atoms with Gasteiger partial charge in [0.1, 0.15) is 5.56 Å². The van der Waals surface area contributed by atoms with Gasteiger partial charge in [-0.2, -0.15) is 0 Å². The van der Waals surface area contributed by atoms with Crippen molar-refractivity contribution in [1.82, 2.24) is 5.32 Å². The molecule has 1 N–H and O–H groups in total. The minimum Gasteiger partial charge on any atom is -0.347 e. The van der Waals surface area contributed by atoms with E-state index in [1.165, 1.54) is 0 Å². The van der Waals surface area contributed by atoms with Crippen LogP contribution in [0.4, 0.5) is 14.5 Å². The highest BCUT2D eigenvalue weighted by Crippen LogP contribution is 2.23. The molecule has 0 spiro atoms. The summed E-state index contributed by atoms with van der Waals surface area (Å²) in [6.45, 7) is 5.42. The second-order valence-corrected chi connectivity index (χ2v) is 5.13. The maximum atomic E-state index is 13.2. The fourth-order valence-electron chi connectivity index (χ4n) is 1.93. The first-order valence-electron chi connectivity index (χ1n) is 6.14. The van der Waals surface area contributed by atoms with Gasteiger partial charge in [0.2, 0.25) is 0 Å². The number of benzene rings is 1. The Morgan fingerprint density at radius 2 is 1.90 bits per heavy atom. The topological polar surface area (TPSA) is 72.2 Å². The van der Waals surface area contributed by atoms with Gasteiger partial charge in [0.25, 0.3) is 11.6 Å². The Morgan fingerprint density at radius 1 is 1.35 bits per heavy atom. The lowest BCUT2D eigenvalue weighted by Crippen LogP contribution is -2.43. The van der Waals surface area contributed by atoms with Gasteiger partial charge in [0, 0.05) is 5.54 Å². The van der Waals surface area contributed by atoms with Crippen LogP contribution in [0.25, 0.3) is 0 Å². The normalized spacial score (nSPS) is 11.2. The first kappa shape index (κ1) is 16.0. The van der Waals surface area contributed by atoms with Crippen LogP contribution in [0.15, 0.2) is 12.1 Å². The molecule has 0 heterocycles. The molecule has 0 unspecified atom stereocenters. The molecule has 1 aromatic rings. The molecule has 0 aliphatic heterocycles. The summed E-state index contributed by atoms with van der Waals surface area (Å²) in [6.07, 6.45) is 1.45. The summed E-state index contributed by atoms with van der Waals surface area (Å²) in [6, 6.07) is 0.960. The summed E-state index contributed by atoms with van der Waals surface area (Å²) in [4.78, 5) is 21.9. The summed E-state index contributed by atoms with van der Waals surface area (Å²) in [5, 5.41) is 13.4. The highest BCUT2D eigenvalue weighted by atomic mass is 19.2. The summed E-state index contributed by atoms with van der Waals surface area (Å²) >= 11 is 0. The second kappa shape index (κ2) is 5.94. The van der Waals surface area contributed by atoms with Crippen molar-refractivity contribution in [1.29, 1.82) is 0 Å². The van der Waals surface area contributed by atoms with Crippen molar-refractivity contribution in [3.05, 3.63) is 39.4 Å². The first-order valence-corrected chi connectivity index (χ1v) is 6.14. The smallest absolute Gasteiger partial charge is 0.285 e. The van der Waals surface area contributed by atoms with Gasteiger partial charge in [-0.25, -0.2) is 8.78 Å². The zero-order chi connectivity index (χ0) is 15.5. The van der Waals surface area contributed by atoms with Crippen LogP contribution in [0.3, 0.4) is 0 Å². The number of nitro groups is 1. The van der Waals surface area contributed by atoms with Crippen LogP contribution in [0.5, 0.6) is 0 Å². The third-order valence-corrected chi connectivity index (χ3v) is 2.81. The average molecular weight is 286 g/mol. The van der Waals surface area contributed by atoms with Crippen molar-refractivity contribution in [2.75, 3.05) is 0 Å². The molecule has 1 rings (SSSR count). The van der Waals surface area contributed by atoms with Crippen molar-refractivity contribution in [2.24, 2.45) is 0 Å². The number of amides is 1. The van der Waals surface area contributed by atoms with E-state index in [-0.39, 0.29) is 0 Å². The first-order chi connectivity index (χ1) is 9.18. The maximum Gasteiger partial charge on any atom is 0.285 e. The number of nitro benzene ring substituents is 1. The molecule has 0 bridgehead atoms. The van der Waals surface area contributed by atoms with Crippen molar-refractivity contribution >= 4 is 11.6 Å². The largest absolute Gasteiger partial charge is 0.347 e. The van der Waals surface area contributed by atoms with E-state index in [4.69, 9.17) is 0 Å². The number of carbonyl (C=O) groups is 1. The van der Waals surface area contributed by atoms with Gasteiger partial charge in [-0.15, -0.1) is 0 Å². The van der Waals surface area contributed by atoms with Crippen LogP contribution in [0.2, 0.25) is 0 Å². The van der Waals surface area contributed by atoms with E-state index >= 15 is 0 Å². The summed E-state index contributed by atoms with van der Waals surface area (Å²) in [5.41, 5.74) is -1.84. The van der Waals surface area contributed by atoms with Gasteiger partial charge in [-0.05, 0) is 26.3 Å². The lowest BCUT2D eigenvalue weighted by molar-refractivity contribution is -0.385. The Balaban J connectivity index is 3.15. The Hall–Kier alpha value is -2.05. The van der Waals surface area contributed by atoms with Gasteiger partial charge in [0.15, 0.2) is 11.6 Å². The summed E-state index contributed by atoms with van der Waals surface area (Å²) in [7, 11) is 0. The quantitative estimate of drug-likeness (QED) is 0.667. The fraction of sp³-hybridized carbons (Fsp3) is 0.462. The molecule has 0 atom stereocenters. The number of rotatable bonds is 5. The van der Waals surface area contributed by atoms with E-state index in [9.17, 15) is 23.7 Å². The van der Waals surface area contributed by atoms with Crippen molar-refractivity contribution in [3.63, 3.8) is 0 Å². The molecule has 0 aliphatic carbocycles. The van der Waals surface area contributed by atoms with Crippen LogP contribution in [0, 0.1) is 21.7 Å². The number of hydrogen-bond acceptors (Lipinski definition) is 3. The van der Waals surface area contributed by atoms with Crippen LogP contribution in [-0.4, -0.2) is 16.4 Å². The van der Waals surface area contributed by atoms with E-state index in [0.717, 1.165) is 6.42 Å². The molecular weight excluding hydrogens is 270 g/mol. The molecule has 0 saturated carbocycles. The fourth-order valence-corrected chi connectivity index (χ4v) is 1.93. The number of nitrogens with zero attached hydrogens (tertiary/aromatic N) is 1. The molecular formula is C13H16F2N2O3. The molecule has 0 aliphatic rings. The summed E-state index contributed by atoms with van der Waals surface area (Å²) < 4.78 is 26.2. The molecule has 0 fully saturated rings. The molecule has 0 radical (unpaired) electrons. The number of hydrogen-bond donors (Lipinski definition) is 1. The summed E-state index contributed by atoms with van der Waals surface area (Å²) in [5.74, 6) is -3.45. The standard InChI is InChI=1S/C13H16F2N2O3/c1-4-5-13(2,3)16-12(18)8-6-9(14)10(15)7-11(8)17(19)20/h6-7H,4-5H2,1-3H3,(H,16,18). The highest BCUT2D eigenvalue weighted by Gasteiger charge is 2.27. The van der Waals surface area contributed by atoms with Crippen LogP contribution >= 0.6 is 0 Å². The SMILES string of the molecule is CCCC(C)(C)NC(=O)c1cc(F)c(F)cc1[N+](=O)[O-]. The van der Waals surface area contributed by atoms with E-state index in [2.05, 4.69) is 5.32 Å². The molecule has 1 aromatic carbocycles. The van der Waals surface area contributed by atoms with Crippen LogP contribution in [-0.2, 0) is 0 Å². The van der Waals surface area contributed by atoms with E-state index in [1.54, 1.807) is 13.8 Å². The third kappa shape index (κ3) is 3.72. The van der Waals surface area contributed by atoms with Gasteiger partial charge in [-0.1, -0.05) is 13.3 Å². The van der Waals surface area contributed by atoms with Gasteiger partial charge < -0.3 is 5.32 Å². The lowest BCUT2D eigenvalue weighted by Gasteiger charge is -2.25. The third-order valence-electron chi connectivity index (χ3n) is 2.81. The minimum absolute atomic E-state index is 0.414. The number of nitrogens with one attached hydrogen (secondary N) is 1. The maximum absolute atomic E-state index is 13.2. The van der Waals surface area contributed by atoms with Gasteiger partial charge in [0.05, 0.1) is 11.0 Å². The molecule has 110 valence electrons. The highest BCUT2D eigenvalue weighted by molar-refractivity contribution is 5.98. The molecule has 5 nitrogen and oxygen atoms in total. The van der Waals surface area contributed by atoms with Gasteiger partial charge in [-0.3, -0.25) is 14.9 Å². The van der Waals surface area contributed by atoms with Crippen LogP contribution in [0.1, 0.15) is 44.0 Å². The molecule has 0 saturated heterocycles. The zero-order valence-electron chi connectivity index (χ0n) is 11.5. The molecule has 20 heavy (non-hydrogen) atoms. The van der Waals surface area contributed by atoms with Crippen molar-refractivity contribution in [2.45, 2.75) is 39.2 Å². The zero-order valence-corrected chi connectivity index (χ0v) is 11.5. The molecule has 7 heteroatoms. The Kier molecular flexibility index (Phi) is 4.75. The second-order valence-electron chi connectivity index (χ2n) is 5.13. The average Bonchev–Trinajstić information content (AvgIpc) is 2.30. The number of halogens is 2. The Bertz CT molecular complexity index is 545. The van der Waals surface area contributed by atoms with Gasteiger partial charge >= 0.3 is 0 Å². The lowest BCUT2D eigenvalue weighted by atomic mass is 9.98. The monoisotopic (exact) mass is 286 g/mol. The van der Waals surface area contributed by atoms with E-state index < -0.39 is 39.3 Å². The number of carbonyl (C=O) groups excluding carboxylic acids is 1. The Labute approximate surface area is 115 Å². The minimum atomic E-state index is -1.36. The van der Waals surface area contributed by atoms with Crippen LogP contribution < -0.4 is 5.32 Å². The van der Waals surface area contributed by atoms with Crippen molar-refractivity contribution < 1.29 is 18.5 Å². The molecule has 0 aromatic heterocycles. The van der Waals surface area contributed by atoms with E-state index in [0.29, 0.717) is 18.6 Å². The molecule has 1 amide bonds. The van der Waals surface area contributed by atoms with E-state index in [1.807, 2.05) is 6.92 Å². The predicted molar refractivity (Wildman–Crippen MR) is 69.5 cm³/mol. The van der Waals surface area contributed by atoms with Crippen molar-refractivity contribution in [3.8, 4) is 0 Å². The predicted octanol–water partition coefficient (Wildman–Crippen LogP) is 3.18.